The molecule has 0 amide bonds. The highest BCUT2D eigenvalue weighted by Crippen LogP contribution is 2.37. The zero-order valence-corrected chi connectivity index (χ0v) is 14.0. The van der Waals surface area contributed by atoms with Gasteiger partial charge in [0, 0.05) is 22.2 Å². The summed E-state index contributed by atoms with van der Waals surface area (Å²) in [6, 6.07) is 10.3. The van der Waals surface area contributed by atoms with Gasteiger partial charge in [-0.2, -0.15) is 0 Å². The van der Waals surface area contributed by atoms with Crippen LogP contribution in [-0.4, -0.2) is 19.3 Å². The van der Waals surface area contributed by atoms with Gasteiger partial charge in [0.1, 0.15) is 22.5 Å². The summed E-state index contributed by atoms with van der Waals surface area (Å²) >= 11 is 3.39. The molecule has 0 spiro atoms. The molecule has 1 heterocycles. The molecule has 118 valence electrons. The second-order valence-corrected chi connectivity index (χ2v) is 5.65. The lowest BCUT2D eigenvalue weighted by atomic mass is 10.1. The van der Waals surface area contributed by atoms with Gasteiger partial charge in [0.15, 0.2) is 5.76 Å². The monoisotopic (exact) mass is 376 g/mol. The molecule has 0 aliphatic carbocycles. The summed E-state index contributed by atoms with van der Waals surface area (Å²) in [5, 5.41) is 10.5. The number of aromatic hydroxyl groups is 1. The van der Waals surface area contributed by atoms with Gasteiger partial charge in [-0.1, -0.05) is 28.1 Å². The highest BCUT2D eigenvalue weighted by molar-refractivity contribution is 9.10. The number of halogens is 1. The molecule has 0 saturated heterocycles. The standard InChI is InChI=1S/C17H13BrO5/c1-21-9-7-12(22-2)14-13(8-9)23-17(16(20)15(14)19)10-5-3-4-6-11(10)18/h3-8,20H,1-2H3. The van der Waals surface area contributed by atoms with Gasteiger partial charge in [0.25, 0.3) is 0 Å². The van der Waals surface area contributed by atoms with Crippen LogP contribution in [0.5, 0.6) is 17.2 Å². The van der Waals surface area contributed by atoms with E-state index in [0.717, 1.165) is 0 Å². The van der Waals surface area contributed by atoms with Crippen LogP contribution in [0, 0.1) is 0 Å². The lowest BCUT2D eigenvalue weighted by Gasteiger charge is -2.11. The number of methoxy groups -OCH3 is 2. The number of fused-ring (bicyclic) bond motifs is 1. The average molecular weight is 377 g/mol. The Balaban J connectivity index is 2.41. The van der Waals surface area contributed by atoms with Gasteiger partial charge in [0.2, 0.25) is 11.2 Å². The van der Waals surface area contributed by atoms with Crippen LogP contribution in [0.4, 0.5) is 0 Å². The highest BCUT2D eigenvalue weighted by atomic mass is 79.9. The van der Waals surface area contributed by atoms with E-state index in [1.54, 1.807) is 30.3 Å². The van der Waals surface area contributed by atoms with Crippen molar-refractivity contribution in [3.05, 3.63) is 51.1 Å². The fraction of sp³-hybridized carbons (Fsp3) is 0.118. The van der Waals surface area contributed by atoms with E-state index in [1.165, 1.54) is 14.2 Å². The molecule has 0 saturated carbocycles. The SMILES string of the molecule is COc1cc(OC)c2c(=O)c(O)c(-c3ccccc3Br)oc2c1. The Morgan fingerprint density at radius 1 is 1.13 bits per heavy atom. The second-order valence-electron chi connectivity index (χ2n) is 4.79. The Bertz CT molecular complexity index is 946. The molecular weight excluding hydrogens is 364 g/mol. The van der Waals surface area contributed by atoms with Crippen LogP contribution in [0.1, 0.15) is 0 Å². The molecule has 1 N–H and O–H groups in total. The molecule has 23 heavy (non-hydrogen) atoms. The summed E-state index contributed by atoms with van der Waals surface area (Å²) < 4.78 is 16.9. The number of rotatable bonds is 3. The Labute approximate surface area is 140 Å². The number of hydrogen-bond acceptors (Lipinski definition) is 5. The van der Waals surface area contributed by atoms with Crippen LogP contribution in [0.25, 0.3) is 22.3 Å². The summed E-state index contributed by atoms with van der Waals surface area (Å²) in [5.74, 6) is 0.390. The smallest absolute Gasteiger partial charge is 0.238 e. The third-order valence-corrected chi connectivity index (χ3v) is 4.17. The van der Waals surface area contributed by atoms with Crippen LogP contribution in [-0.2, 0) is 0 Å². The maximum Gasteiger partial charge on any atom is 0.238 e. The molecule has 3 rings (SSSR count). The van der Waals surface area contributed by atoms with E-state index in [2.05, 4.69) is 15.9 Å². The van der Waals surface area contributed by atoms with Gasteiger partial charge in [-0.15, -0.1) is 0 Å². The van der Waals surface area contributed by atoms with Crippen molar-refractivity contribution in [1.82, 2.24) is 0 Å². The number of ether oxygens (including phenoxy) is 2. The van der Waals surface area contributed by atoms with Crippen molar-refractivity contribution >= 4 is 26.9 Å². The molecule has 0 fully saturated rings. The number of benzene rings is 2. The zero-order valence-electron chi connectivity index (χ0n) is 12.4. The van der Waals surface area contributed by atoms with Crippen molar-refractivity contribution in [2.75, 3.05) is 14.2 Å². The summed E-state index contributed by atoms with van der Waals surface area (Å²) in [7, 11) is 2.94. The van der Waals surface area contributed by atoms with Crippen molar-refractivity contribution in [2.45, 2.75) is 0 Å². The van der Waals surface area contributed by atoms with Gasteiger partial charge in [-0.3, -0.25) is 4.79 Å². The second kappa shape index (κ2) is 5.96. The summed E-state index contributed by atoms with van der Waals surface area (Å²) in [4.78, 5) is 12.6. The third-order valence-electron chi connectivity index (χ3n) is 3.48. The molecule has 3 aromatic rings. The average Bonchev–Trinajstić information content (AvgIpc) is 2.57. The van der Waals surface area contributed by atoms with Crippen molar-refractivity contribution in [2.24, 2.45) is 0 Å². The topological polar surface area (TPSA) is 68.9 Å². The molecule has 6 heteroatoms. The Hall–Kier alpha value is -2.47. The first-order valence-corrected chi connectivity index (χ1v) is 7.52. The Morgan fingerprint density at radius 2 is 1.87 bits per heavy atom. The quantitative estimate of drug-likeness (QED) is 0.749. The minimum Gasteiger partial charge on any atom is -0.502 e. The van der Waals surface area contributed by atoms with Gasteiger partial charge < -0.3 is 19.0 Å². The minimum absolute atomic E-state index is 0.0882. The van der Waals surface area contributed by atoms with E-state index in [4.69, 9.17) is 13.9 Å². The predicted molar refractivity (Wildman–Crippen MR) is 90.4 cm³/mol. The van der Waals surface area contributed by atoms with E-state index < -0.39 is 11.2 Å². The van der Waals surface area contributed by atoms with Gasteiger partial charge in [0.05, 0.1) is 14.2 Å². The van der Waals surface area contributed by atoms with Crippen LogP contribution in [0.15, 0.2) is 50.1 Å². The van der Waals surface area contributed by atoms with E-state index >= 15 is 0 Å². The maximum atomic E-state index is 12.6. The van der Waals surface area contributed by atoms with Crippen molar-refractivity contribution in [1.29, 1.82) is 0 Å². The van der Waals surface area contributed by atoms with Crippen LogP contribution >= 0.6 is 15.9 Å². The summed E-state index contributed by atoms with van der Waals surface area (Å²) in [6.45, 7) is 0. The third kappa shape index (κ3) is 2.55. The molecule has 0 unspecified atom stereocenters. The van der Waals surface area contributed by atoms with Crippen molar-refractivity contribution in [3.8, 4) is 28.6 Å². The molecule has 2 aromatic carbocycles. The molecule has 0 bridgehead atoms. The zero-order chi connectivity index (χ0) is 16.6. The minimum atomic E-state index is -0.559. The van der Waals surface area contributed by atoms with E-state index in [-0.39, 0.29) is 22.5 Å². The first-order chi connectivity index (χ1) is 11.1. The first kappa shape index (κ1) is 15.4. The largest absolute Gasteiger partial charge is 0.502 e. The van der Waals surface area contributed by atoms with Gasteiger partial charge >= 0.3 is 0 Å². The summed E-state index contributed by atoms with van der Waals surface area (Å²) in [5.41, 5.74) is 0.289. The summed E-state index contributed by atoms with van der Waals surface area (Å²) in [6.07, 6.45) is 0. The Morgan fingerprint density at radius 3 is 2.52 bits per heavy atom. The number of hydrogen-bond donors (Lipinski definition) is 1. The van der Waals surface area contributed by atoms with E-state index in [0.29, 0.717) is 15.8 Å². The molecular formula is C17H13BrO5. The van der Waals surface area contributed by atoms with Crippen LogP contribution < -0.4 is 14.9 Å². The highest BCUT2D eigenvalue weighted by Gasteiger charge is 2.20. The molecule has 0 atom stereocenters. The maximum absolute atomic E-state index is 12.6. The van der Waals surface area contributed by atoms with Gasteiger partial charge in [-0.05, 0) is 12.1 Å². The first-order valence-electron chi connectivity index (χ1n) is 6.73. The molecule has 0 aliphatic heterocycles. The van der Waals surface area contributed by atoms with Crippen molar-refractivity contribution < 1.29 is 19.0 Å². The van der Waals surface area contributed by atoms with Crippen LogP contribution in [0.2, 0.25) is 0 Å². The molecule has 0 radical (unpaired) electrons. The van der Waals surface area contributed by atoms with Crippen LogP contribution in [0.3, 0.4) is 0 Å². The normalized spacial score (nSPS) is 10.7. The fourth-order valence-corrected chi connectivity index (χ4v) is 2.82. The van der Waals surface area contributed by atoms with E-state index in [9.17, 15) is 9.90 Å². The molecule has 5 nitrogen and oxygen atoms in total. The molecule has 1 aromatic heterocycles. The van der Waals surface area contributed by atoms with Gasteiger partial charge in [-0.25, -0.2) is 0 Å². The lowest BCUT2D eigenvalue weighted by Crippen LogP contribution is -2.05. The fourth-order valence-electron chi connectivity index (χ4n) is 2.36. The molecule has 0 aliphatic rings. The lowest BCUT2D eigenvalue weighted by molar-refractivity contribution is 0.394. The van der Waals surface area contributed by atoms with Crippen molar-refractivity contribution in [3.63, 3.8) is 0 Å². The predicted octanol–water partition coefficient (Wildman–Crippen LogP) is 3.95. The Kier molecular flexibility index (Phi) is 4.00. The van der Waals surface area contributed by atoms with E-state index in [1.807, 2.05) is 6.07 Å².